The Balaban J connectivity index is 1.89. The van der Waals surface area contributed by atoms with Gasteiger partial charge in [0.1, 0.15) is 0 Å². The number of hydrogen-bond acceptors (Lipinski definition) is 2. The molecule has 4 heteroatoms. The SMILES string of the molecule is O=C(O)c1ccccc1-c1ccc(Cn2ccnc2)cc1. The van der Waals surface area contributed by atoms with Gasteiger partial charge in [0, 0.05) is 18.9 Å². The molecule has 1 heterocycles. The highest BCUT2D eigenvalue weighted by molar-refractivity contribution is 5.95. The molecule has 0 radical (unpaired) electrons. The lowest BCUT2D eigenvalue weighted by Crippen LogP contribution is -1.99. The summed E-state index contributed by atoms with van der Waals surface area (Å²) in [6, 6.07) is 15.0. The maximum absolute atomic E-state index is 11.3. The van der Waals surface area contributed by atoms with Crippen molar-refractivity contribution in [1.82, 2.24) is 9.55 Å². The molecule has 0 aliphatic rings. The summed E-state index contributed by atoms with van der Waals surface area (Å²) < 4.78 is 1.99. The van der Waals surface area contributed by atoms with Crippen molar-refractivity contribution in [2.24, 2.45) is 0 Å². The summed E-state index contributed by atoms with van der Waals surface area (Å²) in [4.78, 5) is 15.3. The quantitative estimate of drug-likeness (QED) is 0.796. The van der Waals surface area contributed by atoms with Crippen LogP contribution in [0.3, 0.4) is 0 Å². The monoisotopic (exact) mass is 278 g/mol. The van der Waals surface area contributed by atoms with Crippen LogP contribution >= 0.6 is 0 Å². The zero-order chi connectivity index (χ0) is 14.7. The number of aromatic carboxylic acids is 1. The lowest BCUT2D eigenvalue weighted by Gasteiger charge is -2.08. The largest absolute Gasteiger partial charge is 0.478 e. The van der Waals surface area contributed by atoms with Crippen LogP contribution in [0.25, 0.3) is 11.1 Å². The van der Waals surface area contributed by atoms with E-state index in [9.17, 15) is 9.90 Å². The smallest absolute Gasteiger partial charge is 0.336 e. The highest BCUT2D eigenvalue weighted by atomic mass is 16.4. The van der Waals surface area contributed by atoms with Gasteiger partial charge in [-0.2, -0.15) is 0 Å². The number of carboxylic acids is 1. The van der Waals surface area contributed by atoms with Crippen molar-refractivity contribution in [3.63, 3.8) is 0 Å². The third-order valence-corrected chi connectivity index (χ3v) is 3.35. The second-order valence-corrected chi connectivity index (χ2v) is 4.78. The molecule has 0 atom stereocenters. The average molecular weight is 278 g/mol. The number of carboxylic acid groups (broad SMARTS) is 1. The van der Waals surface area contributed by atoms with E-state index in [0.29, 0.717) is 5.56 Å². The molecule has 4 nitrogen and oxygen atoms in total. The van der Waals surface area contributed by atoms with Crippen LogP contribution in [0.15, 0.2) is 67.3 Å². The number of hydrogen-bond donors (Lipinski definition) is 1. The predicted molar refractivity (Wildman–Crippen MR) is 80.2 cm³/mol. The van der Waals surface area contributed by atoms with Gasteiger partial charge in [0.05, 0.1) is 11.9 Å². The molecule has 0 saturated carbocycles. The molecule has 1 aromatic heterocycles. The average Bonchev–Trinajstić information content (AvgIpc) is 3.01. The first-order valence-electron chi connectivity index (χ1n) is 6.61. The number of carbonyl (C=O) groups is 1. The number of benzene rings is 2. The molecule has 2 aromatic carbocycles. The lowest BCUT2D eigenvalue weighted by molar-refractivity contribution is 0.0697. The predicted octanol–water partition coefficient (Wildman–Crippen LogP) is 3.30. The zero-order valence-corrected chi connectivity index (χ0v) is 11.3. The maximum Gasteiger partial charge on any atom is 0.336 e. The minimum Gasteiger partial charge on any atom is -0.478 e. The molecule has 3 aromatic rings. The van der Waals surface area contributed by atoms with E-state index in [1.165, 1.54) is 0 Å². The Labute approximate surface area is 122 Å². The number of aromatic nitrogens is 2. The van der Waals surface area contributed by atoms with Crippen molar-refractivity contribution in [2.45, 2.75) is 6.54 Å². The second kappa shape index (κ2) is 5.63. The second-order valence-electron chi connectivity index (χ2n) is 4.78. The van der Waals surface area contributed by atoms with E-state index in [0.717, 1.165) is 23.2 Å². The van der Waals surface area contributed by atoms with E-state index in [2.05, 4.69) is 4.98 Å². The molecule has 0 saturated heterocycles. The molecule has 3 rings (SSSR count). The molecule has 0 spiro atoms. The van der Waals surface area contributed by atoms with Gasteiger partial charge in [-0.25, -0.2) is 9.78 Å². The molecule has 0 aliphatic carbocycles. The minimum atomic E-state index is -0.909. The molecular formula is C17H14N2O2. The first kappa shape index (κ1) is 13.1. The van der Waals surface area contributed by atoms with E-state index >= 15 is 0 Å². The third kappa shape index (κ3) is 2.84. The highest BCUT2D eigenvalue weighted by Crippen LogP contribution is 2.24. The van der Waals surface area contributed by atoms with Gasteiger partial charge in [-0.3, -0.25) is 0 Å². The number of nitrogens with zero attached hydrogens (tertiary/aromatic N) is 2. The Hall–Kier alpha value is -2.88. The van der Waals surface area contributed by atoms with E-state index in [1.54, 1.807) is 24.7 Å². The van der Waals surface area contributed by atoms with Crippen LogP contribution in [0.1, 0.15) is 15.9 Å². The van der Waals surface area contributed by atoms with Crippen LogP contribution in [0.5, 0.6) is 0 Å². The Bertz CT molecular complexity index is 747. The minimum absolute atomic E-state index is 0.319. The first-order chi connectivity index (χ1) is 10.2. The molecule has 0 aliphatic heterocycles. The highest BCUT2D eigenvalue weighted by Gasteiger charge is 2.10. The van der Waals surface area contributed by atoms with Crippen molar-refractivity contribution in [3.05, 3.63) is 78.4 Å². The fourth-order valence-corrected chi connectivity index (χ4v) is 2.30. The van der Waals surface area contributed by atoms with Crippen molar-refractivity contribution in [3.8, 4) is 11.1 Å². The van der Waals surface area contributed by atoms with Crippen LogP contribution < -0.4 is 0 Å². The molecular weight excluding hydrogens is 264 g/mol. The topological polar surface area (TPSA) is 55.1 Å². The summed E-state index contributed by atoms with van der Waals surface area (Å²) in [5.41, 5.74) is 3.10. The van der Waals surface area contributed by atoms with Crippen LogP contribution in [0, 0.1) is 0 Å². The van der Waals surface area contributed by atoms with Gasteiger partial charge >= 0.3 is 5.97 Å². The third-order valence-electron chi connectivity index (χ3n) is 3.35. The van der Waals surface area contributed by atoms with Gasteiger partial charge in [0.2, 0.25) is 0 Å². The Morgan fingerprint density at radius 3 is 2.52 bits per heavy atom. The molecule has 0 bridgehead atoms. The van der Waals surface area contributed by atoms with Crippen molar-refractivity contribution in [1.29, 1.82) is 0 Å². The Kier molecular flexibility index (Phi) is 3.51. The Morgan fingerprint density at radius 2 is 1.86 bits per heavy atom. The molecule has 21 heavy (non-hydrogen) atoms. The summed E-state index contributed by atoms with van der Waals surface area (Å²) in [5, 5.41) is 9.24. The summed E-state index contributed by atoms with van der Waals surface area (Å²) in [6.07, 6.45) is 5.43. The molecule has 0 unspecified atom stereocenters. The fourth-order valence-electron chi connectivity index (χ4n) is 2.30. The van der Waals surface area contributed by atoms with Gasteiger partial charge in [-0.05, 0) is 22.8 Å². The number of imidazole rings is 1. The molecule has 104 valence electrons. The van der Waals surface area contributed by atoms with E-state index in [-0.39, 0.29) is 0 Å². The maximum atomic E-state index is 11.3. The van der Waals surface area contributed by atoms with Crippen LogP contribution in [0.4, 0.5) is 0 Å². The van der Waals surface area contributed by atoms with Gasteiger partial charge in [0.15, 0.2) is 0 Å². The summed E-state index contributed by atoms with van der Waals surface area (Å²) >= 11 is 0. The summed E-state index contributed by atoms with van der Waals surface area (Å²) in [5.74, 6) is -0.909. The van der Waals surface area contributed by atoms with Crippen molar-refractivity contribution in [2.75, 3.05) is 0 Å². The van der Waals surface area contributed by atoms with Crippen LogP contribution in [-0.4, -0.2) is 20.6 Å². The summed E-state index contributed by atoms with van der Waals surface area (Å²) in [6.45, 7) is 0.751. The first-order valence-corrected chi connectivity index (χ1v) is 6.61. The molecule has 0 fully saturated rings. The normalized spacial score (nSPS) is 10.5. The molecule has 0 amide bonds. The Morgan fingerprint density at radius 1 is 1.10 bits per heavy atom. The van der Waals surface area contributed by atoms with Crippen LogP contribution in [0.2, 0.25) is 0 Å². The summed E-state index contributed by atoms with van der Waals surface area (Å²) in [7, 11) is 0. The zero-order valence-electron chi connectivity index (χ0n) is 11.3. The van der Waals surface area contributed by atoms with Gasteiger partial charge in [0.25, 0.3) is 0 Å². The lowest BCUT2D eigenvalue weighted by atomic mass is 9.99. The van der Waals surface area contributed by atoms with Crippen molar-refractivity contribution >= 4 is 5.97 Å². The van der Waals surface area contributed by atoms with E-state index < -0.39 is 5.97 Å². The number of rotatable bonds is 4. The standard InChI is InChI=1S/C17H14N2O2/c20-17(21)16-4-2-1-3-15(16)14-7-5-13(6-8-14)11-19-10-9-18-12-19/h1-10,12H,11H2,(H,20,21). The molecule has 1 N–H and O–H groups in total. The van der Waals surface area contributed by atoms with Gasteiger partial charge in [-0.15, -0.1) is 0 Å². The fraction of sp³-hybridized carbons (Fsp3) is 0.0588. The van der Waals surface area contributed by atoms with E-state index in [4.69, 9.17) is 0 Å². The van der Waals surface area contributed by atoms with Gasteiger partial charge < -0.3 is 9.67 Å². The van der Waals surface area contributed by atoms with Crippen LogP contribution in [-0.2, 0) is 6.54 Å². The van der Waals surface area contributed by atoms with E-state index in [1.807, 2.05) is 47.2 Å². The van der Waals surface area contributed by atoms with Gasteiger partial charge in [-0.1, -0.05) is 42.5 Å². The van der Waals surface area contributed by atoms with Crippen molar-refractivity contribution < 1.29 is 9.90 Å².